The van der Waals surface area contributed by atoms with Gasteiger partial charge in [0.05, 0.1) is 6.54 Å². The second-order valence-electron chi connectivity index (χ2n) is 7.47. The number of hydrogen-bond donors (Lipinski definition) is 2. The monoisotopic (exact) mass is 383 g/mol. The summed E-state index contributed by atoms with van der Waals surface area (Å²) in [5, 5.41) is 6.94. The first-order chi connectivity index (χ1) is 13.7. The number of piperidine rings is 1. The average molecular weight is 384 g/mol. The molecule has 0 amide bonds. The van der Waals surface area contributed by atoms with Gasteiger partial charge in [-0.2, -0.15) is 0 Å². The minimum Gasteiger partial charge on any atom is -0.444 e. The molecular formula is C22H33N5O. The fraction of sp³-hybridized carbons (Fsp3) is 0.545. The summed E-state index contributed by atoms with van der Waals surface area (Å²) in [5.74, 6) is 1.50. The topological polar surface area (TPSA) is 65.7 Å². The van der Waals surface area contributed by atoms with E-state index in [0.717, 1.165) is 49.7 Å². The minimum atomic E-state index is 0.478. The number of benzene rings is 1. The molecule has 6 nitrogen and oxygen atoms in total. The molecule has 28 heavy (non-hydrogen) atoms. The van der Waals surface area contributed by atoms with Crippen LogP contribution in [0.15, 0.2) is 39.9 Å². The Morgan fingerprint density at radius 3 is 2.64 bits per heavy atom. The number of aryl methyl sites for hydroxylation is 1. The molecule has 2 N–H and O–H groups in total. The van der Waals surface area contributed by atoms with E-state index in [9.17, 15) is 0 Å². The molecule has 1 aromatic heterocycles. The van der Waals surface area contributed by atoms with Crippen LogP contribution in [0.4, 0.5) is 0 Å². The van der Waals surface area contributed by atoms with Crippen molar-refractivity contribution in [2.75, 3.05) is 26.2 Å². The predicted octanol–water partition coefficient (Wildman–Crippen LogP) is 3.58. The van der Waals surface area contributed by atoms with Crippen LogP contribution in [-0.4, -0.2) is 48.1 Å². The third kappa shape index (κ3) is 5.83. The summed E-state index contributed by atoms with van der Waals surface area (Å²) in [7, 11) is 0. The fourth-order valence-electron chi connectivity index (χ4n) is 3.50. The first-order valence-corrected chi connectivity index (χ1v) is 10.5. The molecule has 1 aliphatic rings. The van der Waals surface area contributed by atoms with Gasteiger partial charge in [-0.1, -0.05) is 24.6 Å². The molecule has 0 bridgehead atoms. The zero-order valence-electron chi connectivity index (χ0n) is 17.4. The van der Waals surface area contributed by atoms with Gasteiger partial charge in [0.25, 0.3) is 0 Å². The Hall–Kier alpha value is -2.34. The van der Waals surface area contributed by atoms with Gasteiger partial charge >= 0.3 is 0 Å². The maximum absolute atomic E-state index is 5.64. The van der Waals surface area contributed by atoms with Crippen LogP contribution in [0, 0.1) is 6.92 Å². The molecule has 2 heterocycles. The van der Waals surface area contributed by atoms with E-state index < -0.39 is 0 Å². The van der Waals surface area contributed by atoms with E-state index in [1.165, 1.54) is 18.5 Å². The first-order valence-electron chi connectivity index (χ1n) is 10.5. The molecule has 0 aliphatic carbocycles. The molecule has 1 fully saturated rings. The SMILES string of the molecule is CCCN1CCC(NC(=NCc2coc(-c3ccc(C)cc3)n2)NCC)CC1. The van der Waals surface area contributed by atoms with Gasteiger partial charge in [-0.05, 0) is 51.8 Å². The summed E-state index contributed by atoms with van der Waals surface area (Å²) in [6, 6.07) is 8.67. The quantitative estimate of drug-likeness (QED) is 0.565. The molecule has 0 unspecified atom stereocenters. The Kier molecular flexibility index (Phi) is 7.48. The number of aliphatic imine (C=N–C) groups is 1. The second-order valence-corrected chi connectivity index (χ2v) is 7.47. The van der Waals surface area contributed by atoms with Gasteiger partial charge in [-0.25, -0.2) is 9.98 Å². The van der Waals surface area contributed by atoms with Crippen molar-refractivity contribution in [3.05, 3.63) is 41.8 Å². The number of rotatable bonds is 7. The van der Waals surface area contributed by atoms with Gasteiger partial charge in [-0.15, -0.1) is 0 Å². The molecule has 1 aliphatic heterocycles. The van der Waals surface area contributed by atoms with Crippen molar-refractivity contribution in [1.29, 1.82) is 0 Å². The molecule has 1 saturated heterocycles. The van der Waals surface area contributed by atoms with Crippen molar-refractivity contribution in [3.8, 4) is 11.5 Å². The molecule has 0 atom stereocenters. The van der Waals surface area contributed by atoms with E-state index in [1.54, 1.807) is 6.26 Å². The van der Waals surface area contributed by atoms with Crippen LogP contribution in [0.3, 0.4) is 0 Å². The standard InChI is InChI=1S/C22H33N5O/c1-4-12-27-13-10-19(11-14-27)26-22(23-5-2)24-15-20-16-28-21(25-20)18-8-6-17(3)7-9-18/h6-9,16,19H,4-5,10-15H2,1-3H3,(H2,23,24,26). The smallest absolute Gasteiger partial charge is 0.226 e. The minimum absolute atomic E-state index is 0.478. The van der Waals surface area contributed by atoms with Crippen LogP contribution in [0.5, 0.6) is 0 Å². The van der Waals surface area contributed by atoms with Crippen LogP contribution in [0.25, 0.3) is 11.5 Å². The van der Waals surface area contributed by atoms with Crippen molar-refractivity contribution in [3.63, 3.8) is 0 Å². The van der Waals surface area contributed by atoms with Crippen molar-refractivity contribution in [2.45, 2.75) is 52.6 Å². The van der Waals surface area contributed by atoms with Gasteiger partial charge in [0.15, 0.2) is 5.96 Å². The lowest BCUT2D eigenvalue weighted by Crippen LogP contribution is -2.48. The van der Waals surface area contributed by atoms with Crippen molar-refractivity contribution in [1.82, 2.24) is 20.5 Å². The normalized spacial score (nSPS) is 16.3. The molecule has 6 heteroatoms. The summed E-state index contributed by atoms with van der Waals surface area (Å²) in [6.45, 7) is 11.3. The Bertz CT molecular complexity index is 745. The van der Waals surface area contributed by atoms with Gasteiger partial charge in [-0.3, -0.25) is 0 Å². The van der Waals surface area contributed by atoms with Crippen LogP contribution in [0.2, 0.25) is 0 Å². The van der Waals surface area contributed by atoms with Crippen LogP contribution >= 0.6 is 0 Å². The third-order valence-corrected chi connectivity index (χ3v) is 5.06. The van der Waals surface area contributed by atoms with E-state index in [1.807, 2.05) is 12.1 Å². The summed E-state index contributed by atoms with van der Waals surface area (Å²) in [4.78, 5) is 11.8. The van der Waals surface area contributed by atoms with Crippen LogP contribution in [-0.2, 0) is 6.54 Å². The summed E-state index contributed by atoms with van der Waals surface area (Å²) in [6.07, 6.45) is 5.24. The second kappa shape index (κ2) is 10.3. The van der Waals surface area contributed by atoms with E-state index in [-0.39, 0.29) is 0 Å². The zero-order valence-corrected chi connectivity index (χ0v) is 17.4. The number of oxazole rings is 1. The van der Waals surface area contributed by atoms with Crippen molar-refractivity contribution in [2.24, 2.45) is 4.99 Å². The molecule has 3 rings (SSSR count). The zero-order chi connectivity index (χ0) is 19.8. The van der Waals surface area contributed by atoms with Gasteiger partial charge in [0, 0.05) is 31.2 Å². The number of nitrogens with zero attached hydrogens (tertiary/aromatic N) is 3. The predicted molar refractivity (Wildman–Crippen MR) is 114 cm³/mol. The van der Waals surface area contributed by atoms with Crippen molar-refractivity contribution >= 4 is 5.96 Å². The Morgan fingerprint density at radius 1 is 1.21 bits per heavy atom. The number of nitrogens with one attached hydrogen (secondary N) is 2. The van der Waals surface area contributed by atoms with E-state index in [4.69, 9.17) is 9.41 Å². The summed E-state index contributed by atoms with van der Waals surface area (Å²) < 4.78 is 5.64. The average Bonchev–Trinajstić information content (AvgIpc) is 3.18. The number of aromatic nitrogens is 1. The number of guanidine groups is 1. The van der Waals surface area contributed by atoms with Crippen LogP contribution in [0.1, 0.15) is 44.4 Å². The Balaban J connectivity index is 1.56. The number of likely N-dealkylation sites (tertiary alicyclic amines) is 1. The highest BCUT2D eigenvalue weighted by Crippen LogP contribution is 2.19. The highest BCUT2D eigenvalue weighted by atomic mass is 16.3. The highest BCUT2D eigenvalue weighted by Gasteiger charge is 2.19. The lowest BCUT2D eigenvalue weighted by molar-refractivity contribution is 0.206. The van der Waals surface area contributed by atoms with E-state index in [0.29, 0.717) is 18.5 Å². The van der Waals surface area contributed by atoms with Gasteiger partial charge < -0.3 is 20.0 Å². The molecule has 152 valence electrons. The van der Waals surface area contributed by atoms with Crippen LogP contribution < -0.4 is 10.6 Å². The lowest BCUT2D eigenvalue weighted by atomic mass is 10.1. The van der Waals surface area contributed by atoms with Crippen molar-refractivity contribution < 1.29 is 4.42 Å². The maximum atomic E-state index is 5.64. The van der Waals surface area contributed by atoms with E-state index in [2.05, 4.69) is 53.4 Å². The molecular weight excluding hydrogens is 350 g/mol. The first kappa shape index (κ1) is 20.4. The molecule has 0 spiro atoms. The maximum Gasteiger partial charge on any atom is 0.226 e. The molecule has 2 aromatic rings. The van der Waals surface area contributed by atoms with Gasteiger partial charge in [0.2, 0.25) is 5.89 Å². The fourth-order valence-corrected chi connectivity index (χ4v) is 3.50. The number of hydrogen-bond acceptors (Lipinski definition) is 4. The van der Waals surface area contributed by atoms with E-state index >= 15 is 0 Å². The molecule has 0 radical (unpaired) electrons. The summed E-state index contributed by atoms with van der Waals surface area (Å²) in [5.41, 5.74) is 3.05. The largest absolute Gasteiger partial charge is 0.444 e. The molecule has 0 saturated carbocycles. The van der Waals surface area contributed by atoms with Gasteiger partial charge in [0.1, 0.15) is 12.0 Å². The third-order valence-electron chi connectivity index (χ3n) is 5.06. The molecule has 1 aromatic carbocycles. The lowest BCUT2D eigenvalue weighted by Gasteiger charge is -2.32. The Morgan fingerprint density at radius 2 is 1.96 bits per heavy atom. The summed E-state index contributed by atoms with van der Waals surface area (Å²) >= 11 is 0. The Labute approximate surface area is 168 Å². The highest BCUT2D eigenvalue weighted by molar-refractivity contribution is 5.80.